The van der Waals surface area contributed by atoms with Crippen LogP contribution in [0.1, 0.15) is 31.0 Å². The van der Waals surface area contributed by atoms with Gasteiger partial charge in [0.1, 0.15) is 5.82 Å². The highest BCUT2D eigenvalue weighted by Gasteiger charge is 2.57. The Morgan fingerprint density at radius 3 is 2.74 bits per heavy atom. The molecule has 2 aromatic rings. The molecule has 0 saturated heterocycles. The smallest absolute Gasteiger partial charge is 0.175 e. The first-order valence-electron chi connectivity index (χ1n) is 7.66. The summed E-state index contributed by atoms with van der Waals surface area (Å²) in [7, 11) is 0. The average molecular weight is 314 g/mol. The number of carbonyl (C=O) groups excluding carboxylic acids is 1. The van der Waals surface area contributed by atoms with E-state index < -0.39 is 11.1 Å². The summed E-state index contributed by atoms with van der Waals surface area (Å²) < 4.78 is 29.8. The van der Waals surface area contributed by atoms with Gasteiger partial charge in [-0.2, -0.15) is 5.10 Å². The fraction of sp³-hybridized carbons (Fsp3) is 0.333. The maximum Gasteiger partial charge on any atom is 0.175 e. The number of hydrogen-bond donors (Lipinski definition) is 0. The van der Waals surface area contributed by atoms with Crippen molar-refractivity contribution in [3.63, 3.8) is 0 Å². The summed E-state index contributed by atoms with van der Waals surface area (Å²) in [6.07, 6.45) is 5.36. The van der Waals surface area contributed by atoms with Crippen LogP contribution in [0.3, 0.4) is 0 Å². The quantitative estimate of drug-likeness (QED) is 0.793. The van der Waals surface area contributed by atoms with E-state index in [2.05, 4.69) is 5.10 Å². The summed E-state index contributed by atoms with van der Waals surface area (Å²) in [5, 5.41) is 4.37. The minimum absolute atomic E-state index is 0.229. The van der Waals surface area contributed by atoms with Crippen molar-refractivity contribution in [2.45, 2.75) is 31.9 Å². The van der Waals surface area contributed by atoms with E-state index in [1.54, 1.807) is 23.0 Å². The molecule has 0 N–H and O–H groups in total. The number of benzene rings is 1. The Morgan fingerprint density at radius 1 is 1.30 bits per heavy atom. The SMILES string of the molecule is CC12Cc3cnn(-c4ccc(F)cc4)c3C=C1CC[C@]2(F)C=O. The fourth-order valence-corrected chi connectivity index (χ4v) is 3.83. The van der Waals surface area contributed by atoms with Gasteiger partial charge in [0.2, 0.25) is 0 Å². The van der Waals surface area contributed by atoms with E-state index in [1.807, 2.05) is 13.0 Å². The number of halogens is 2. The number of alkyl halides is 1. The Bertz CT molecular complexity index is 824. The number of aromatic nitrogens is 2. The number of carbonyl (C=O) groups is 1. The molecule has 2 aliphatic rings. The van der Waals surface area contributed by atoms with Crippen molar-refractivity contribution in [1.82, 2.24) is 9.78 Å². The summed E-state index contributed by atoms with van der Waals surface area (Å²) in [6.45, 7) is 1.82. The van der Waals surface area contributed by atoms with Crippen LogP contribution in [0.2, 0.25) is 0 Å². The van der Waals surface area contributed by atoms with E-state index in [0.29, 0.717) is 19.1 Å². The molecule has 2 aliphatic carbocycles. The molecule has 0 radical (unpaired) electrons. The fourth-order valence-electron chi connectivity index (χ4n) is 3.83. The highest BCUT2D eigenvalue weighted by Crippen LogP contribution is 2.56. The molecular weight excluding hydrogens is 298 g/mol. The molecule has 0 aliphatic heterocycles. The van der Waals surface area contributed by atoms with Gasteiger partial charge in [0.25, 0.3) is 0 Å². The third-order valence-electron chi connectivity index (χ3n) is 5.38. The van der Waals surface area contributed by atoms with Crippen LogP contribution < -0.4 is 0 Å². The van der Waals surface area contributed by atoms with Gasteiger partial charge in [0, 0.05) is 5.41 Å². The first-order chi connectivity index (χ1) is 11.0. The molecule has 1 aromatic carbocycles. The van der Waals surface area contributed by atoms with E-state index in [-0.39, 0.29) is 12.2 Å². The van der Waals surface area contributed by atoms with Crippen molar-refractivity contribution in [3.8, 4) is 5.69 Å². The summed E-state index contributed by atoms with van der Waals surface area (Å²) >= 11 is 0. The third-order valence-corrected chi connectivity index (χ3v) is 5.38. The van der Waals surface area contributed by atoms with E-state index in [4.69, 9.17) is 0 Å². The number of nitrogens with zero attached hydrogens (tertiary/aromatic N) is 2. The summed E-state index contributed by atoms with van der Waals surface area (Å²) in [6, 6.07) is 6.10. The van der Waals surface area contributed by atoms with Crippen molar-refractivity contribution in [2.75, 3.05) is 0 Å². The second kappa shape index (κ2) is 4.60. The zero-order valence-electron chi connectivity index (χ0n) is 12.7. The number of rotatable bonds is 2. The van der Waals surface area contributed by atoms with E-state index in [9.17, 15) is 13.6 Å². The van der Waals surface area contributed by atoms with Gasteiger partial charge >= 0.3 is 0 Å². The monoisotopic (exact) mass is 314 g/mol. The van der Waals surface area contributed by atoms with Crippen molar-refractivity contribution < 1.29 is 13.6 Å². The molecule has 23 heavy (non-hydrogen) atoms. The van der Waals surface area contributed by atoms with Crippen LogP contribution >= 0.6 is 0 Å². The van der Waals surface area contributed by atoms with Gasteiger partial charge in [-0.3, -0.25) is 4.79 Å². The van der Waals surface area contributed by atoms with E-state index in [1.165, 1.54) is 12.1 Å². The van der Waals surface area contributed by atoms with Gasteiger partial charge in [-0.15, -0.1) is 0 Å². The second-order valence-electron chi connectivity index (χ2n) is 6.60. The van der Waals surface area contributed by atoms with Gasteiger partial charge in [0.15, 0.2) is 12.0 Å². The Hall–Kier alpha value is -2.30. The van der Waals surface area contributed by atoms with Crippen LogP contribution in [0, 0.1) is 11.2 Å². The number of allylic oxidation sites excluding steroid dienone is 1. The van der Waals surface area contributed by atoms with Gasteiger partial charge in [-0.05, 0) is 55.2 Å². The van der Waals surface area contributed by atoms with Crippen LogP contribution in [-0.4, -0.2) is 21.7 Å². The lowest BCUT2D eigenvalue weighted by molar-refractivity contribution is -0.122. The lowest BCUT2D eigenvalue weighted by atomic mass is 9.69. The molecule has 1 unspecified atom stereocenters. The predicted molar refractivity (Wildman–Crippen MR) is 82.4 cm³/mol. The lowest BCUT2D eigenvalue weighted by Crippen LogP contribution is -2.42. The van der Waals surface area contributed by atoms with E-state index in [0.717, 1.165) is 22.5 Å². The molecule has 118 valence electrons. The lowest BCUT2D eigenvalue weighted by Gasteiger charge is -2.37. The Kier molecular flexibility index (Phi) is 2.86. The van der Waals surface area contributed by atoms with Crippen LogP contribution in [0.5, 0.6) is 0 Å². The molecular formula is C18H16F2N2O. The van der Waals surface area contributed by atoms with Crippen LogP contribution in [0.4, 0.5) is 8.78 Å². The van der Waals surface area contributed by atoms with Crippen molar-refractivity contribution in [1.29, 1.82) is 0 Å². The molecule has 4 rings (SSSR count). The van der Waals surface area contributed by atoms with Gasteiger partial charge in [-0.25, -0.2) is 13.5 Å². The Labute approximate surface area is 132 Å². The van der Waals surface area contributed by atoms with Crippen molar-refractivity contribution in [3.05, 3.63) is 53.1 Å². The van der Waals surface area contributed by atoms with Gasteiger partial charge < -0.3 is 0 Å². The van der Waals surface area contributed by atoms with E-state index >= 15 is 0 Å². The largest absolute Gasteiger partial charge is 0.300 e. The second-order valence-corrected chi connectivity index (χ2v) is 6.60. The molecule has 3 nitrogen and oxygen atoms in total. The maximum absolute atomic E-state index is 15.0. The minimum Gasteiger partial charge on any atom is -0.300 e. The molecule has 0 spiro atoms. The van der Waals surface area contributed by atoms with Crippen molar-refractivity contribution in [2.24, 2.45) is 5.41 Å². The average Bonchev–Trinajstić information content (AvgIpc) is 3.05. The molecule has 1 heterocycles. The molecule has 1 saturated carbocycles. The molecule has 0 amide bonds. The molecule has 1 aromatic heterocycles. The number of fused-ring (bicyclic) bond motifs is 2. The summed E-state index contributed by atoms with van der Waals surface area (Å²) in [5.74, 6) is -0.301. The standard InChI is InChI=1S/C18H16F2N2O/c1-17-9-12-10-21-22(15-4-2-14(19)3-5-15)16(12)8-13(17)6-7-18(17,20)11-23/h2-5,8,10-11H,6-7,9H2,1H3/t17?,18-/m0/s1. The van der Waals surface area contributed by atoms with Gasteiger partial charge in [0.05, 0.1) is 17.6 Å². The number of aldehydes is 1. The predicted octanol–water partition coefficient (Wildman–Crippen LogP) is 3.66. The highest BCUT2D eigenvalue weighted by molar-refractivity contribution is 5.72. The van der Waals surface area contributed by atoms with Crippen LogP contribution in [0.25, 0.3) is 11.8 Å². The zero-order valence-corrected chi connectivity index (χ0v) is 12.7. The van der Waals surface area contributed by atoms with Crippen LogP contribution in [0.15, 0.2) is 36.0 Å². The first-order valence-corrected chi connectivity index (χ1v) is 7.66. The first kappa shape index (κ1) is 14.3. The third kappa shape index (κ3) is 1.85. The van der Waals surface area contributed by atoms with Crippen molar-refractivity contribution >= 4 is 12.4 Å². The molecule has 2 atom stereocenters. The zero-order chi connectivity index (χ0) is 16.2. The minimum atomic E-state index is -1.81. The summed E-state index contributed by atoms with van der Waals surface area (Å²) in [4.78, 5) is 11.3. The normalized spacial score (nSPS) is 28.9. The van der Waals surface area contributed by atoms with Gasteiger partial charge in [-0.1, -0.05) is 12.5 Å². The molecule has 1 fully saturated rings. The Balaban J connectivity index is 1.82. The molecule has 0 bridgehead atoms. The van der Waals surface area contributed by atoms with Crippen LogP contribution in [-0.2, 0) is 11.2 Å². The highest BCUT2D eigenvalue weighted by atomic mass is 19.1. The number of hydrogen-bond acceptors (Lipinski definition) is 2. The summed E-state index contributed by atoms with van der Waals surface area (Å²) in [5.41, 5.74) is 0.898. The molecule has 5 heteroatoms. The maximum atomic E-state index is 15.0. The Morgan fingerprint density at radius 2 is 2.04 bits per heavy atom. The topological polar surface area (TPSA) is 34.9 Å².